The number of piperidine rings is 1. The van der Waals surface area contributed by atoms with E-state index in [4.69, 9.17) is 0 Å². The van der Waals surface area contributed by atoms with Crippen LogP contribution in [0.5, 0.6) is 0 Å². The number of halogens is 1. The second-order valence-electron chi connectivity index (χ2n) is 6.01. The molecule has 1 saturated heterocycles. The lowest BCUT2D eigenvalue weighted by atomic mass is 9.97. The van der Waals surface area contributed by atoms with E-state index in [1.807, 2.05) is 6.07 Å². The van der Waals surface area contributed by atoms with Gasteiger partial charge in [-0.15, -0.1) is 0 Å². The van der Waals surface area contributed by atoms with Crippen molar-refractivity contribution in [1.29, 1.82) is 0 Å². The van der Waals surface area contributed by atoms with E-state index in [0.29, 0.717) is 49.5 Å². The molecule has 5 nitrogen and oxygen atoms in total. The maximum absolute atomic E-state index is 13.5. The largest absolute Gasteiger partial charge is 0.355 e. The third kappa shape index (κ3) is 5.97. The monoisotopic (exact) mass is 388 g/mol. The molecule has 1 N–H and O–H groups in total. The number of carbonyl (C=O) groups excluding carboxylic acids is 1. The van der Waals surface area contributed by atoms with Crippen LogP contribution in [0.1, 0.15) is 25.3 Å². The zero-order chi connectivity index (χ0) is 18.3. The van der Waals surface area contributed by atoms with Crippen LogP contribution < -0.4 is 5.32 Å². The Balaban J connectivity index is 1.64. The minimum absolute atomic E-state index is 0.0139. The van der Waals surface area contributed by atoms with Gasteiger partial charge in [0.05, 0.1) is 5.75 Å². The number of nitrogens with one attached hydrogen (secondary N) is 1. The van der Waals surface area contributed by atoms with Crippen molar-refractivity contribution in [2.75, 3.05) is 31.1 Å². The van der Waals surface area contributed by atoms with Crippen molar-refractivity contribution in [3.05, 3.63) is 35.6 Å². The van der Waals surface area contributed by atoms with Gasteiger partial charge in [0.1, 0.15) is 5.82 Å². The summed E-state index contributed by atoms with van der Waals surface area (Å²) in [6, 6.07) is 6.69. The second-order valence-corrected chi connectivity index (χ2v) is 9.37. The summed E-state index contributed by atoms with van der Waals surface area (Å²) in [6.45, 7) is 2.99. The van der Waals surface area contributed by atoms with Crippen molar-refractivity contribution < 1.29 is 17.6 Å². The third-order valence-corrected chi connectivity index (χ3v) is 7.23. The minimum atomic E-state index is -3.16. The first-order chi connectivity index (χ1) is 11.9. The first-order valence-electron chi connectivity index (χ1n) is 8.50. The van der Waals surface area contributed by atoms with Crippen molar-refractivity contribution in [3.63, 3.8) is 0 Å². The van der Waals surface area contributed by atoms with Gasteiger partial charge in [0, 0.05) is 37.1 Å². The van der Waals surface area contributed by atoms with Crippen molar-refractivity contribution in [3.8, 4) is 0 Å². The van der Waals surface area contributed by atoms with E-state index in [9.17, 15) is 17.6 Å². The molecule has 0 saturated carbocycles. The first-order valence-corrected chi connectivity index (χ1v) is 11.3. The summed E-state index contributed by atoms with van der Waals surface area (Å²) in [5, 5.41) is 2.90. The molecule has 0 unspecified atom stereocenters. The molecular formula is C17H25FN2O3S2. The molecule has 1 aliphatic heterocycles. The van der Waals surface area contributed by atoms with Crippen LogP contribution in [0.2, 0.25) is 0 Å². The predicted molar refractivity (Wildman–Crippen MR) is 99.3 cm³/mol. The molecule has 0 spiro atoms. The lowest BCUT2D eigenvalue weighted by Gasteiger charge is -2.30. The highest BCUT2D eigenvalue weighted by molar-refractivity contribution is 7.98. The van der Waals surface area contributed by atoms with Gasteiger partial charge in [-0.25, -0.2) is 17.1 Å². The van der Waals surface area contributed by atoms with Gasteiger partial charge in [-0.3, -0.25) is 4.79 Å². The van der Waals surface area contributed by atoms with E-state index in [2.05, 4.69) is 5.32 Å². The van der Waals surface area contributed by atoms with Gasteiger partial charge >= 0.3 is 0 Å². The van der Waals surface area contributed by atoms with Crippen LogP contribution in [0.4, 0.5) is 4.39 Å². The van der Waals surface area contributed by atoms with Crippen molar-refractivity contribution in [2.45, 2.75) is 25.5 Å². The van der Waals surface area contributed by atoms with Crippen molar-refractivity contribution in [1.82, 2.24) is 9.62 Å². The first kappa shape index (κ1) is 20.2. The van der Waals surface area contributed by atoms with Crippen LogP contribution in [0.15, 0.2) is 24.3 Å². The van der Waals surface area contributed by atoms with Gasteiger partial charge in [-0.1, -0.05) is 18.2 Å². The fourth-order valence-electron chi connectivity index (χ4n) is 2.77. The van der Waals surface area contributed by atoms with Crippen LogP contribution in [-0.2, 0) is 20.6 Å². The summed E-state index contributed by atoms with van der Waals surface area (Å²) in [4.78, 5) is 12.2. The van der Waals surface area contributed by atoms with Gasteiger partial charge in [0.15, 0.2) is 0 Å². The fraction of sp³-hybridized carbons (Fsp3) is 0.588. The van der Waals surface area contributed by atoms with E-state index in [1.165, 1.54) is 10.4 Å². The molecule has 1 aromatic rings. The maximum atomic E-state index is 13.5. The highest BCUT2D eigenvalue weighted by Crippen LogP contribution is 2.20. The van der Waals surface area contributed by atoms with Gasteiger partial charge in [0.25, 0.3) is 0 Å². The van der Waals surface area contributed by atoms with E-state index in [-0.39, 0.29) is 23.4 Å². The normalized spacial score (nSPS) is 16.7. The average molecular weight is 389 g/mol. The highest BCUT2D eigenvalue weighted by Gasteiger charge is 2.29. The molecule has 0 radical (unpaired) electrons. The zero-order valence-corrected chi connectivity index (χ0v) is 16.0. The molecule has 25 heavy (non-hydrogen) atoms. The summed E-state index contributed by atoms with van der Waals surface area (Å²) in [5.74, 6) is 1.05. The number of amides is 1. The number of carbonyl (C=O) groups is 1. The molecule has 1 aliphatic rings. The van der Waals surface area contributed by atoms with Gasteiger partial charge in [0.2, 0.25) is 15.9 Å². The number of hydrogen-bond donors (Lipinski definition) is 1. The SMILES string of the molecule is CCS(=O)(=O)N1CCC(C(=O)NCCSCc2ccccc2F)CC1. The van der Waals surface area contributed by atoms with Gasteiger partial charge in [-0.05, 0) is 31.4 Å². The van der Waals surface area contributed by atoms with Gasteiger partial charge in [-0.2, -0.15) is 11.8 Å². The van der Waals surface area contributed by atoms with E-state index in [0.717, 1.165) is 0 Å². The molecule has 0 bridgehead atoms. The average Bonchev–Trinajstić information content (AvgIpc) is 2.63. The molecule has 1 fully saturated rings. The lowest BCUT2D eigenvalue weighted by molar-refractivity contribution is -0.125. The van der Waals surface area contributed by atoms with E-state index in [1.54, 1.807) is 30.8 Å². The fourth-order valence-corrected chi connectivity index (χ4v) is 4.74. The standard InChI is InChI=1S/C17H25FN2O3S2/c1-2-25(22,23)20-10-7-14(8-11-20)17(21)19-9-12-24-13-15-5-3-4-6-16(15)18/h3-6,14H,2,7-13H2,1H3,(H,19,21). The van der Waals surface area contributed by atoms with Crippen LogP contribution in [-0.4, -0.2) is 49.8 Å². The summed E-state index contributed by atoms with van der Waals surface area (Å²) in [5.41, 5.74) is 0.670. The molecule has 1 aromatic carbocycles. The van der Waals surface area contributed by atoms with Crippen LogP contribution >= 0.6 is 11.8 Å². The Hall–Kier alpha value is -1.12. The smallest absolute Gasteiger partial charge is 0.223 e. The Morgan fingerprint density at radius 3 is 2.64 bits per heavy atom. The Morgan fingerprint density at radius 1 is 1.32 bits per heavy atom. The summed E-state index contributed by atoms with van der Waals surface area (Å²) in [7, 11) is -3.16. The van der Waals surface area contributed by atoms with Gasteiger partial charge < -0.3 is 5.32 Å². The van der Waals surface area contributed by atoms with Crippen molar-refractivity contribution in [2.24, 2.45) is 5.92 Å². The Labute approximate surface area is 153 Å². The number of nitrogens with zero attached hydrogens (tertiary/aromatic N) is 1. The Kier molecular flexibility index (Phi) is 7.71. The molecule has 0 aliphatic carbocycles. The summed E-state index contributed by atoms with van der Waals surface area (Å²) in [6.07, 6.45) is 1.13. The molecule has 140 valence electrons. The topological polar surface area (TPSA) is 66.5 Å². The number of sulfonamides is 1. The van der Waals surface area contributed by atoms with Crippen molar-refractivity contribution >= 4 is 27.7 Å². The summed E-state index contributed by atoms with van der Waals surface area (Å²) < 4.78 is 38.6. The Bertz CT molecular complexity index is 674. The van der Waals surface area contributed by atoms with Crippen LogP contribution in [0.25, 0.3) is 0 Å². The molecule has 2 rings (SSSR count). The quantitative estimate of drug-likeness (QED) is 0.694. The number of thioether (sulfide) groups is 1. The predicted octanol–water partition coefficient (Wildman–Crippen LogP) is 2.24. The van der Waals surface area contributed by atoms with Crippen LogP contribution in [0.3, 0.4) is 0 Å². The molecule has 8 heteroatoms. The summed E-state index contributed by atoms with van der Waals surface area (Å²) >= 11 is 1.57. The minimum Gasteiger partial charge on any atom is -0.355 e. The molecule has 0 aromatic heterocycles. The molecule has 1 heterocycles. The maximum Gasteiger partial charge on any atom is 0.223 e. The highest BCUT2D eigenvalue weighted by atomic mass is 32.2. The lowest BCUT2D eigenvalue weighted by Crippen LogP contribution is -2.43. The van der Waals surface area contributed by atoms with E-state index >= 15 is 0 Å². The second kappa shape index (κ2) is 9.54. The van der Waals surface area contributed by atoms with E-state index < -0.39 is 10.0 Å². The number of rotatable bonds is 8. The number of benzene rings is 1. The zero-order valence-electron chi connectivity index (χ0n) is 14.4. The third-order valence-electron chi connectivity index (χ3n) is 4.34. The van der Waals surface area contributed by atoms with Crippen LogP contribution in [0, 0.1) is 11.7 Å². The number of hydrogen-bond acceptors (Lipinski definition) is 4. The molecule has 0 atom stereocenters. The molecule has 1 amide bonds. The Morgan fingerprint density at radius 2 is 2.00 bits per heavy atom. The molecular weight excluding hydrogens is 363 g/mol.